The molecule has 5 aromatic rings. The third-order valence-electron chi connectivity index (χ3n) is 12.9. The summed E-state index contributed by atoms with van der Waals surface area (Å²) < 4.78 is 51.6. The Morgan fingerprint density at radius 2 is 1.55 bits per heavy atom. The highest BCUT2D eigenvalue weighted by Gasteiger charge is 2.71. The summed E-state index contributed by atoms with van der Waals surface area (Å²) in [5.74, 6) is -7.04. The molecule has 9 rings (SSSR count). The third kappa shape index (κ3) is 7.28. The summed E-state index contributed by atoms with van der Waals surface area (Å²) >= 11 is 19.2. The Labute approximate surface area is 385 Å². The van der Waals surface area contributed by atoms with E-state index in [0.717, 1.165) is 16.0 Å². The first-order chi connectivity index (χ1) is 31.1. The fourth-order valence-corrected chi connectivity index (χ4v) is 10.5. The molecule has 6 unspecified atom stereocenters. The number of pyridine rings is 1. The number of hydrogen-bond acceptors (Lipinski definition) is 9. The summed E-state index contributed by atoms with van der Waals surface area (Å²) in [6, 6.07) is 23.5. The van der Waals surface area contributed by atoms with Crippen LogP contribution in [0.25, 0.3) is 12.2 Å². The first-order valence-electron chi connectivity index (χ1n) is 20.3. The lowest BCUT2D eigenvalue weighted by Crippen LogP contribution is -2.53. The average Bonchev–Trinajstić information content (AvgIpc) is 3.67. The molecule has 65 heavy (non-hydrogen) atoms. The quantitative estimate of drug-likeness (QED) is 0.0840. The van der Waals surface area contributed by atoms with Crippen LogP contribution in [0.5, 0.6) is 17.2 Å². The van der Waals surface area contributed by atoms with Gasteiger partial charge in [-0.05, 0) is 96.6 Å². The zero-order valence-electron chi connectivity index (χ0n) is 34.3. The van der Waals surface area contributed by atoms with Crippen LogP contribution in [0.3, 0.4) is 0 Å². The number of anilines is 2. The van der Waals surface area contributed by atoms with Gasteiger partial charge in [0, 0.05) is 33.3 Å². The minimum atomic E-state index is -4.78. The summed E-state index contributed by atoms with van der Waals surface area (Å²) in [5, 5.41) is 12.3. The molecule has 332 valence electrons. The van der Waals surface area contributed by atoms with E-state index < -0.39 is 81.2 Å². The van der Waals surface area contributed by atoms with E-state index in [1.165, 1.54) is 18.2 Å². The van der Waals surface area contributed by atoms with Crippen LogP contribution in [-0.2, 0) is 30.8 Å². The molecule has 4 aromatic carbocycles. The van der Waals surface area contributed by atoms with Gasteiger partial charge in [-0.15, -0.1) is 0 Å². The van der Waals surface area contributed by atoms with Crippen molar-refractivity contribution in [3.05, 3.63) is 152 Å². The number of carbonyl (C=O) groups is 4. The number of fused-ring (bicyclic) bond motifs is 4. The number of rotatable bonds is 9. The summed E-state index contributed by atoms with van der Waals surface area (Å²) in [4.78, 5) is 64.6. The Hall–Kier alpha value is -6.35. The van der Waals surface area contributed by atoms with E-state index in [-0.39, 0.29) is 29.2 Å². The number of hydrogen-bond donors (Lipinski definition) is 2. The molecular formula is C48H36Cl3F3N4O7. The van der Waals surface area contributed by atoms with E-state index in [1.807, 2.05) is 24.3 Å². The number of aromatic hydroxyl groups is 1. The van der Waals surface area contributed by atoms with Crippen LogP contribution < -0.4 is 19.8 Å². The maximum absolute atomic E-state index is 15.4. The number of carbonyl (C=O) groups excluding carboxylic acids is 4. The molecule has 1 aromatic heterocycles. The number of ether oxygens (including phenoxy) is 2. The fourth-order valence-electron chi connectivity index (χ4n) is 10.0. The number of phenols is 1. The number of phenolic OH excluding ortho intramolecular Hbond substituents is 1. The third-order valence-corrected chi connectivity index (χ3v) is 13.7. The number of hydrazine groups is 1. The largest absolute Gasteiger partial charge is 0.508 e. The molecule has 2 aliphatic carbocycles. The molecule has 1 saturated carbocycles. The van der Waals surface area contributed by atoms with Crippen molar-refractivity contribution in [2.75, 3.05) is 24.5 Å². The Morgan fingerprint density at radius 3 is 2.23 bits per heavy atom. The van der Waals surface area contributed by atoms with Crippen molar-refractivity contribution in [3.8, 4) is 17.2 Å². The van der Waals surface area contributed by atoms with Gasteiger partial charge in [-0.3, -0.25) is 29.5 Å². The van der Waals surface area contributed by atoms with Crippen LogP contribution in [0.1, 0.15) is 46.6 Å². The lowest BCUT2D eigenvalue weighted by atomic mass is 9.49. The van der Waals surface area contributed by atoms with Crippen LogP contribution in [0.4, 0.5) is 24.7 Å². The molecule has 0 bridgehead atoms. The summed E-state index contributed by atoms with van der Waals surface area (Å²) in [6.07, 6.45) is 1.23. The van der Waals surface area contributed by atoms with Gasteiger partial charge < -0.3 is 14.6 Å². The number of amides is 4. The highest BCUT2D eigenvalue weighted by atomic mass is 35.5. The molecule has 17 heteroatoms. The number of nitrogens with zero attached hydrogens (tertiary/aromatic N) is 3. The van der Waals surface area contributed by atoms with Crippen molar-refractivity contribution >= 4 is 82.1 Å². The van der Waals surface area contributed by atoms with Gasteiger partial charge in [0.15, 0.2) is 5.82 Å². The maximum atomic E-state index is 15.4. The summed E-state index contributed by atoms with van der Waals surface area (Å²) in [7, 11) is 3.13. The topological polar surface area (TPSA) is 138 Å². The van der Waals surface area contributed by atoms with Gasteiger partial charge in [0.25, 0.3) is 11.8 Å². The molecule has 0 spiro atoms. The molecule has 11 nitrogen and oxygen atoms in total. The minimum absolute atomic E-state index is 0.0924. The van der Waals surface area contributed by atoms with Gasteiger partial charge in [0.2, 0.25) is 11.8 Å². The zero-order chi connectivity index (χ0) is 46.1. The van der Waals surface area contributed by atoms with Crippen molar-refractivity contribution in [2.45, 2.75) is 30.4 Å². The molecule has 6 atom stereocenters. The second kappa shape index (κ2) is 16.6. The first-order valence-corrected chi connectivity index (χ1v) is 21.4. The van der Waals surface area contributed by atoms with E-state index in [4.69, 9.17) is 44.3 Å². The Morgan fingerprint density at radius 1 is 0.831 bits per heavy atom. The van der Waals surface area contributed by atoms with E-state index >= 15 is 4.79 Å². The number of halogens is 6. The van der Waals surface area contributed by atoms with E-state index in [0.29, 0.717) is 50.6 Å². The summed E-state index contributed by atoms with van der Waals surface area (Å²) in [6.45, 7) is 0. The van der Waals surface area contributed by atoms with Crippen molar-refractivity contribution in [1.29, 1.82) is 0 Å². The Bertz CT molecular complexity index is 2860. The van der Waals surface area contributed by atoms with E-state index in [2.05, 4.69) is 10.4 Å². The van der Waals surface area contributed by atoms with Crippen molar-refractivity contribution < 1.29 is 46.9 Å². The lowest BCUT2D eigenvalue weighted by molar-refractivity contribution is -0.139. The van der Waals surface area contributed by atoms with Gasteiger partial charge in [-0.25, -0.2) is 4.98 Å². The van der Waals surface area contributed by atoms with Crippen LogP contribution in [0.2, 0.25) is 15.1 Å². The van der Waals surface area contributed by atoms with Crippen LogP contribution in [-0.4, -0.2) is 52.9 Å². The van der Waals surface area contributed by atoms with Crippen LogP contribution in [0.15, 0.2) is 109 Å². The second-order valence-electron chi connectivity index (χ2n) is 16.2. The second-order valence-corrected chi connectivity index (χ2v) is 17.4. The molecule has 0 radical (unpaired) electrons. The Balaban J connectivity index is 1.12. The summed E-state index contributed by atoms with van der Waals surface area (Å²) in [5.41, 5.74) is 2.48. The van der Waals surface area contributed by atoms with Crippen molar-refractivity contribution in [3.63, 3.8) is 0 Å². The number of alkyl halides is 3. The standard InChI is InChI=1S/C48H36Cl3F3N4O7/c1-64-31-14-18-39(65-2)25(19-31)6-3-24-4-12-30(13-5-24)57-43(60)33-16-15-32-34(40(33)45(57)62)22-36-44(61)58(56-42-37(51)20-27(23-55-42)48(52,53)54)46(63)47(36,26-7-9-28(49)10-8-26)41(32)35-21-29(50)11-17-38(35)59/h3-15,17-21,23,33-34,36,40-41,59H,16,22H2,1-2H3,(H,55,56). The normalized spacial score (nSPS) is 23.9. The number of imide groups is 2. The van der Waals surface area contributed by atoms with Crippen LogP contribution >= 0.6 is 34.8 Å². The number of benzene rings is 4. The molecule has 2 N–H and O–H groups in total. The average molecular weight is 944 g/mol. The van der Waals surface area contributed by atoms with Gasteiger partial charge in [-0.2, -0.15) is 18.2 Å². The van der Waals surface area contributed by atoms with Gasteiger partial charge in [0.05, 0.1) is 53.7 Å². The molecule has 2 aliphatic heterocycles. The zero-order valence-corrected chi connectivity index (χ0v) is 36.5. The number of methoxy groups -OCH3 is 2. The SMILES string of the molecule is COc1ccc(OC)c(C=Cc2ccc(N3C(=O)C4CC=C5C(CC6C(=O)N(Nc7ncc(C(F)(F)F)cc7Cl)C(=O)C6(c6ccc(Cl)cc6)C5c5cc(Cl)ccc5O)C4C3=O)cc2)c1. The Kier molecular flexibility index (Phi) is 11.2. The number of aromatic nitrogens is 1. The maximum Gasteiger partial charge on any atom is 0.417 e. The minimum Gasteiger partial charge on any atom is -0.508 e. The lowest BCUT2D eigenvalue weighted by Gasteiger charge is -2.50. The number of allylic oxidation sites excluding steroid dienone is 2. The molecule has 4 aliphatic rings. The highest BCUT2D eigenvalue weighted by molar-refractivity contribution is 6.33. The van der Waals surface area contributed by atoms with E-state index in [9.17, 15) is 32.7 Å². The van der Waals surface area contributed by atoms with Gasteiger partial charge in [-0.1, -0.05) is 82.9 Å². The van der Waals surface area contributed by atoms with Gasteiger partial charge in [0.1, 0.15) is 17.2 Å². The van der Waals surface area contributed by atoms with Crippen molar-refractivity contribution in [2.24, 2.45) is 23.7 Å². The predicted molar refractivity (Wildman–Crippen MR) is 237 cm³/mol. The molecule has 4 amide bonds. The highest BCUT2D eigenvalue weighted by Crippen LogP contribution is 2.65. The van der Waals surface area contributed by atoms with Gasteiger partial charge >= 0.3 is 6.18 Å². The first kappa shape index (κ1) is 43.9. The molecule has 3 heterocycles. The smallest absolute Gasteiger partial charge is 0.417 e. The molecular weight excluding hydrogens is 908 g/mol. The fraction of sp³-hybridized carbons (Fsp3) is 0.229. The predicted octanol–water partition coefficient (Wildman–Crippen LogP) is 10.1. The molecule has 3 fully saturated rings. The number of nitrogens with one attached hydrogen (secondary N) is 1. The van der Waals surface area contributed by atoms with E-state index in [1.54, 1.807) is 74.9 Å². The van der Waals surface area contributed by atoms with Crippen LogP contribution in [0, 0.1) is 23.7 Å². The van der Waals surface area contributed by atoms with Crippen molar-refractivity contribution in [1.82, 2.24) is 9.99 Å². The monoisotopic (exact) mass is 942 g/mol. The molecule has 2 saturated heterocycles.